The number of hydrogen-bond acceptors (Lipinski definition) is 5. The molecule has 0 spiro atoms. The van der Waals surface area contributed by atoms with Crippen molar-refractivity contribution in [1.82, 2.24) is 0 Å². The van der Waals surface area contributed by atoms with Crippen molar-refractivity contribution in [2.75, 3.05) is 14.2 Å². The lowest BCUT2D eigenvalue weighted by Crippen LogP contribution is -2.58. The summed E-state index contributed by atoms with van der Waals surface area (Å²) in [5, 5.41) is 9.69. The van der Waals surface area contributed by atoms with Crippen LogP contribution in [-0.4, -0.2) is 43.3 Å². The molecule has 1 rings (SSSR count). The molecule has 0 radical (unpaired) electrons. The Balaban J connectivity index is 2.88. The summed E-state index contributed by atoms with van der Waals surface area (Å²) in [6.07, 6.45) is 0.0569. The predicted molar refractivity (Wildman–Crippen MR) is 47.5 cm³/mol. The number of aliphatic hydroxyl groups is 1. The monoisotopic (exact) mass is 204 g/mol. The SMILES string of the molecule is COC(=O)[C@]1(OC)O[C@@H](C)CC[C@H]1O. The molecule has 1 aliphatic heterocycles. The van der Waals surface area contributed by atoms with Crippen LogP contribution in [0, 0.1) is 0 Å². The van der Waals surface area contributed by atoms with E-state index in [4.69, 9.17) is 9.47 Å². The minimum atomic E-state index is -1.65. The molecule has 5 heteroatoms. The van der Waals surface area contributed by atoms with Crippen LogP contribution in [0.15, 0.2) is 0 Å². The molecule has 0 saturated carbocycles. The third kappa shape index (κ3) is 1.75. The van der Waals surface area contributed by atoms with Gasteiger partial charge in [-0.25, -0.2) is 4.79 Å². The number of ether oxygens (including phenoxy) is 3. The molecule has 0 unspecified atom stereocenters. The van der Waals surface area contributed by atoms with Crippen molar-refractivity contribution < 1.29 is 24.1 Å². The smallest absolute Gasteiger partial charge is 0.369 e. The molecule has 5 nitrogen and oxygen atoms in total. The van der Waals surface area contributed by atoms with Gasteiger partial charge in [0.05, 0.1) is 13.2 Å². The first kappa shape index (κ1) is 11.4. The topological polar surface area (TPSA) is 65.0 Å². The summed E-state index contributed by atoms with van der Waals surface area (Å²) >= 11 is 0. The zero-order valence-corrected chi connectivity index (χ0v) is 8.65. The van der Waals surface area contributed by atoms with Crippen LogP contribution in [0.5, 0.6) is 0 Å². The van der Waals surface area contributed by atoms with Crippen LogP contribution in [0.25, 0.3) is 0 Å². The normalized spacial score (nSPS) is 38.0. The molecule has 0 aliphatic carbocycles. The van der Waals surface area contributed by atoms with Crippen LogP contribution in [0.2, 0.25) is 0 Å². The van der Waals surface area contributed by atoms with Crippen LogP contribution < -0.4 is 0 Å². The number of hydrogen-bond donors (Lipinski definition) is 1. The van der Waals surface area contributed by atoms with Crippen molar-refractivity contribution in [3.8, 4) is 0 Å². The van der Waals surface area contributed by atoms with Crippen LogP contribution in [0.3, 0.4) is 0 Å². The van der Waals surface area contributed by atoms with Gasteiger partial charge >= 0.3 is 5.97 Å². The Morgan fingerprint density at radius 2 is 2.14 bits per heavy atom. The Morgan fingerprint density at radius 1 is 1.50 bits per heavy atom. The molecule has 1 heterocycles. The quantitative estimate of drug-likeness (QED) is 0.644. The molecule has 0 aromatic heterocycles. The summed E-state index contributed by atoms with van der Waals surface area (Å²) in [5.41, 5.74) is 0. The zero-order chi connectivity index (χ0) is 10.8. The fraction of sp³-hybridized carbons (Fsp3) is 0.889. The van der Waals surface area contributed by atoms with Gasteiger partial charge in [-0.1, -0.05) is 0 Å². The molecular weight excluding hydrogens is 188 g/mol. The van der Waals surface area contributed by atoms with Gasteiger partial charge in [-0.2, -0.15) is 0 Å². The van der Waals surface area contributed by atoms with Crippen molar-refractivity contribution in [1.29, 1.82) is 0 Å². The van der Waals surface area contributed by atoms with Crippen molar-refractivity contribution in [3.63, 3.8) is 0 Å². The van der Waals surface area contributed by atoms with Crippen molar-refractivity contribution in [2.24, 2.45) is 0 Å². The van der Waals surface area contributed by atoms with Crippen LogP contribution in [0.1, 0.15) is 19.8 Å². The molecule has 1 saturated heterocycles. The Morgan fingerprint density at radius 3 is 2.64 bits per heavy atom. The second-order valence-electron chi connectivity index (χ2n) is 3.38. The minimum Gasteiger partial charge on any atom is -0.465 e. The first-order valence-corrected chi connectivity index (χ1v) is 4.56. The lowest BCUT2D eigenvalue weighted by molar-refractivity contribution is -0.301. The van der Waals surface area contributed by atoms with E-state index in [1.54, 1.807) is 0 Å². The van der Waals surface area contributed by atoms with Crippen molar-refractivity contribution in [3.05, 3.63) is 0 Å². The third-order valence-electron chi connectivity index (χ3n) is 2.43. The highest BCUT2D eigenvalue weighted by Gasteiger charge is 2.52. The van der Waals surface area contributed by atoms with E-state index in [-0.39, 0.29) is 6.10 Å². The predicted octanol–water partition coefficient (Wildman–Crippen LogP) is 0.0619. The average Bonchev–Trinajstić information content (AvgIpc) is 2.20. The second-order valence-corrected chi connectivity index (χ2v) is 3.38. The summed E-state index contributed by atoms with van der Waals surface area (Å²) in [7, 11) is 2.55. The maximum atomic E-state index is 11.4. The van der Waals surface area contributed by atoms with Crippen LogP contribution >= 0.6 is 0 Å². The maximum Gasteiger partial charge on any atom is 0.369 e. The Labute approximate surface area is 82.9 Å². The molecule has 0 aromatic rings. The van der Waals surface area contributed by atoms with Gasteiger partial charge in [0.2, 0.25) is 0 Å². The number of methoxy groups -OCH3 is 2. The highest BCUT2D eigenvalue weighted by molar-refractivity contribution is 5.78. The summed E-state index contributed by atoms with van der Waals surface area (Å²) in [6.45, 7) is 1.82. The summed E-state index contributed by atoms with van der Waals surface area (Å²) in [4.78, 5) is 11.4. The molecule has 0 amide bonds. The van der Waals surface area contributed by atoms with E-state index in [2.05, 4.69) is 4.74 Å². The minimum absolute atomic E-state index is 0.127. The van der Waals surface area contributed by atoms with Crippen LogP contribution in [0.4, 0.5) is 0 Å². The molecule has 1 N–H and O–H groups in total. The summed E-state index contributed by atoms with van der Waals surface area (Å²) in [5.74, 6) is -2.34. The number of esters is 1. The fourth-order valence-electron chi connectivity index (χ4n) is 1.61. The summed E-state index contributed by atoms with van der Waals surface area (Å²) < 4.78 is 14.9. The summed E-state index contributed by atoms with van der Waals surface area (Å²) in [6, 6.07) is 0. The Hall–Kier alpha value is -0.650. The molecule has 82 valence electrons. The van der Waals surface area contributed by atoms with E-state index in [1.807, 2.05) is 6.92 Å². The van der Waals surface area contributed by atoms with E-state index in [9.17, 15) is 9.90 Å². The first-order valence-electron chi connectivity index (χ1n) is 4.56. The lowest BCUT2D eigenvalue weighted by atomic mass is 9.98. The molecule has 1 fully saturated rings. The number of carbonyl (C=O) groups excluding carboxylic acids is 1. The lowest BCUT2D eigenvalue weighted by Gasteiger charge is -2.39. The fourth-order valence-corrected chi connectivity index (χ4v) is 1.61. The zero-order valence-electron chi connectivity index (χ0n) is 8.65. The highest BCUT2D eigenvalue weighted by atomic mass is 16.7. The van der Waals surface area contributed by atoms with Gasteiger partial charge in [-0.05, 0) is 19.8 Å². The largest absolute Gasteiger partial charge is 0.465 e. The van der Waals surface area contributed by atoms with Crippen molar-refractivity contribution >= 4 is 5.97 Å². The number of rotatable bonds is 2. The highest BCUT2D eigenvalue weighted by Crippen LogP contribution is 2.30. The van der Waals surface area contributed by atoms with Gasteiger partial charge in [0.15, 0.2) is 0 Å². The Bertz CT molecular complexity index is 217. The first-order chi connectivity index (χ1) is 6.56. The molecule has 3 atom stereocenters. The third-order valence-corrected chi connectivity index (χ3v) is 2.43. The van der Waals surface area contributed by atoms with Gasteiger partial charge in [-0.15, -0.1) is 0 Å². The molecule has 0 bridgehead atoms. The number of carbonyl (C=O) groups is 1. The number of aliphatic hydroxyl groups excluding tert-OH is 1. The van der Waals surface area contributed by atoms with Gasteiger partial charge in [0.25, 0.3) is 5.79 Å². The Kier molecular flexibility index (Phi) is 3.47. The van der Waals surface area contributed by atoms with E-state index >= 15 is 0 Å². The van der Waals surface area contributed by atoms with Gasteiger partial charge in [0, 0.05) is 7.11 Å². The molecule has 0 aromatic carbocycles. The van der Waals surface area contributed by atoms with Gasteiger partial charge in [0.1, 0.15) is 6.10 Å². The van der Waals surface area contributed by atoms with Crippen molar-refractivity contribution in [2.45, 2.75) is 37.8 Å². The van der Waals surface area contributed by atoms with Gasteiger partial charge < -0.3 is 19.3 Å². The second kappa shape index (κ2) is 4.25. The average molecular weight is 204 g/mol. The van der Waals surface area contributed by atoms with E-state index < -0.39 is 17.9 Å². The van der Waals surface area contributed by atoms with E-state index in [1.165, 1.54) is 14.2 Å². The standard InChI is InChI=1S/C9H16O5/c1-6-4-5-7(10)9(13-3,14-6)8(11)12-2/h6-7,10H,4-5H2,1-3H3/t6-,7+,9+/m0/s1. The molecule has 1 aliphatic rings. The maximum absolute atomic E-state index is 11.4. The molecular formula is C9H16O5. The van der Waals surface area contributed by atoms with E-state index in [0.717, 1.165) is 0 Å². The molecule has 14 heavy (non-hydrogen) atoms. The van der Waals surface area contributed by atoms with Gasteiger partial charge in [-0.3, -0.25) is 0 Å². The van der Waals surface area contributed by atoms with E-state index in [0.29, 0.717) is 12.8 Å². The van der Waals surface area contributed by atoms with Crippen LogP contribution in [-0.2, 0) is 19.0 Å².